The molecule has 1 aromatic carbocycles. The van der Waals surface area contributed by atoms with Crippen molar-refractivity contribution in [3.8, 4) is 0 Å². The van der Waals surface area contributed by atoms with Gasteiger partial charge in [0.05, 0.1) is 12.6 Å². The van der Waals surface area contributed by atoms with E-state index >= 15 is 0 Å². The second-order valence-corrected chi connectivity index (χ2v) is 7.33. The summed E-state index contributed by atoms with van der Waals surface area (Å²) >= 11 is 0. The molecule has 1 fully saturated rings. The SMILES string of the molecule is Cc1ccc2c(CCNc3cc(N4CCCCC4CO)ncn3)c[nH]c2c1. The fourth-order valence-corrected chi connectivity index (χ4v) is 3.92. The van der Waals surface area contributed by atoms with Gasteiger partial charge >= 0.3 is 0 Å². The van der Waals surface area contributed by atoms with Crippen LogP contribution in [0.15, 0.2) is 36.8 Å². The summed E-state index contributed by atoms with van der Waals surface area (Å²) in [5.74, 6) is 1.73. The van der Waals surface area contributed by atoms with Crippen molar-refractivity contribution in [2.45, 2.75) is 38.6 Å². The summed E-state index contributed by atoms with van der Waals surface area (Å²) in [6, 6.07) is 8.67. The number of aryl methyl sites for hydroxylation is 1. The third-order valence-electron chi connectivity index (χ3n) is 5.41. The smallest absolute Gasteiger partial charge is 0.134 e. The predicted octanol–water partition coefficient (Wildman–Crippen LogP) is 3.27. The lowest BCUT2D eigenvalue weighted by atomic mass is 10.0. The number of fused-ring (bicyclic) bond motifs is 1. The number of hydrogen-bond acceptors (Lipinski definition) is 5. The average Bonchev–Trinajstić information content (AvgIpc) is 3.10. The van der Waals surface area contributed by atoms with Crippen molar-refractivity contribution in [3.05, 3.63) is 47.9 Å². The summed E-state index contributed by atoms with van der Waals surface area (Å²) in [5, 5.41) is 14.3. The summed E-state index contributed by atoms with van der Waals surface area (Å²) in [5.41, 5.74) is 3.76. The van der Waals surface area contributed by atoms with Crippen molar-refractivity contribution in [2.24, 2.45) is 0 Å². The minimum atomic E-state index is 0.163. The number of aromatic amines is 1. The van der Waals surface area contributed by atoms with Gasteiger partial charge in [0.25, 0.3) is 0 Å². The Morgan fingerprint density at radius 3 is 3.07 bits per heavy atom. The Labute approximate surface area is 159 Å². The predicted molar refractivity (Wildman–Crippen MR) is 109 cm³/mol. The number of rotatable bonds is 6. The van der Waals surface area contributed by atoms with Gasteiger partial charge < -0.3 is 20.3 Å². The number of anilines is 2. The average molecular weight is 365 g/mol. The van der Waals surface area contributed by atoms with E-state index in [1.165, 1.54) is 28.5 Å². The molecule has 2 aromatic heterocycles. The molecule has 6 heteroatoms. The first-order valence-corrected chi connectivity index (χ1v) is 9.74. The van der Waals surface area contributed by atoms with Gasteiger partial charge in [-0.3, -0.25) is 0 Å². The van der Waals surface area contributed by atoms with Crippen LogP contribution in [0.5, 0.6) is 0 Å². The van der Waals surface area contributed by atoms with E-state index in [1.807, 2.05) is 6.07 Å². The summed E-state index contributed by atoms with van der Waals surface area (Å²) in [4.78, 5) is 14.3. The van der Waals surface area contributed by atoms with Crippen molar-refractivity contribution >= 4 is 22.5 Å². The van der Waals surface area contributed by atoms with E-state index in [2.05, 4.69) is 56.5 Å². The van der Waals surface area contributed by atoms with Gasteiger partial charge in [-0.15, -0.1) is 0 Å². The highest BCUT2D eigenvalue weighted by atomic mass is 16.3. The van der Waals surface area contributed by atoms with Gasteiger partial charge in [-0.2, -0.15) is 0 Å². The van der Waals surface area contributed by atoms with Crippen LogP contribution in [0.25, 0.3) is 10.9 Å². The molecule has 27 heavy (non-hydrogen) atoms. The number of nitrogens with zero attached hydrogens (tertiary/aromatic N) is 3. The highest BCUT2D eigenvalue weighted by Crippen LogP contribution is 2.24. The standard InChI is InChI=1S/C21H27N5O/c1-15-5-6-18-16(12-23-19(18)10-15)7-8-22-20-11-21(25-14-24-20)26-9-3-2-4-17(26)13-27/h5-6,10-12,14,17,23,27H,2-4,7-9,13H2,1H3,(H,22,24,25). The number of aromatic nitrogens is 3. The Balaban J connectivity index is 1.41. The number of H-pyrrole nitrogens is 1. The molecule has 1 saturated heterocycles. The van der Waals surface area contributed by atoms with E-state index in [-0.39, 0.29) is 12.6 Å². The summed E-state index contributed by atoms with van der Waals surface area (Å²) < 4.78 is 0. The quantitative estimate of drug-likeness (QED) is 0.625. The second kappa shape index (κ2) is 7.96. The molecule has 6 nitrogen and oxygen atoms in total. The monoisotopic (exact) mass is 365 g/mol. The zero-order chi connectivity index (χ0) is 18.6. The molecule has 142 valence electrons. The van der Waals surface area contributed by atoms with Gasteiger partial charge in [-0.1, -0.05) is 12.1 Å². The molecule has 3 aromatic rings. The van der Waals surface area contributed by atoms with E-state index in [0.717, 1.165) is 44.0 Å². The lowest BCUT2D eigenvalue weighted by Gasteiger charge is -2.35. The third kappa shape index (κ3) is 3.90. The molecule has 1 atom stereocenters. The number of aliphatic hydroxyl groups excluding tert-OH is 1. The molecule has 0 bridgehead atoms. The minimum absolute atomic E-state index is 0.163. The fourth-order valence-electron chi connectivity index (χ4n) is 3.92. The van der Waals surface area contributed by atoms with E-state index in [0.29, 0.717) is 0 Å². The Morgan fingerprint density at radius 2 is 2.19 bits per heavy atom. The molecule has 0 spiro atoms. The lowest BCUT2D eigenvalue weighted by Crippen LogP contribution is -2.42. The number of hydrogen-bond donors (Lipinski definition) is 3. The zero-order valence-corrected chi connectivity index (χ0v) is 15.8. The molecular weight excluding hydrogens is 338 g/mol. The first-order valence-electron chi connectivity index (χ1n) is 9.74. The van der Waals surface area contributed by atoms with Crippen molar-refractivity contribution < 1.29 is 5.11 Å². The van der Waals surface area contributed by atoms with E-state index in [1.54, 1.807) is 6.33 Å². The van der Waals surface area contributed by atoms with Gasteiger partial charge in [0.1, 0.15) is 18.0 Å². The lowest BCUT2D eigenvalue weighted by molar-refractivity contribution is 0.239. The molecule has 0 saturated carbocycles. The highest BCUT2D eigenvalue weighted by molar-refractivity contribution is 5.83. The molecule has 3 N–H and O–H groups in total. The summed E-state index contributed by atoms with van der Waals surface area (Å²) in [7, 11) is 0. The second-order valence-electron chi connectivity index (χ2n) is 7.33. The van der Waals surface area contributed by atoms with Gasteiger partial charge in [0.2, 0.25) is 0 Å². The van der Waals surface area contributed by atoms with E-state index < -0.39 is 0 Å². The Hall–Kier alpha value is -2.60. The maximum Gasteiger partial charge on any atom is 0.134 e. The van der Waals surface area contributed by atoms with Crippen LogP contribution in [0.1, 0.15) is 30.4 Å². The molecule has 4 rings (SSSR count). The molecule has 1 aliphatic heterocycles. The number of aliphatic hydroxyl groups is 1. The van der Waals surface area contributed by atoms with Crippen molar-refractivity contribution in [1.29, 1.82) is 0 Å². The molecule has 0 radical (unpaired) electrons. The van der Waals surface area contributed by atoms with E-state index in [9.17, 15) is 5.11 Å². The Bertz CT molecular complexity index is 906. The van der Waals surface area contributed by atoms with Crippen molar-refractivity contribution in [2.75, 3.05) is 29.9 Å². The molecule has 0 aliphatic carbocycles. The van der Waals surface area contributed by atoms with Crippen LogP contribution in [-0.4, -0.2) is 45.8 Å². The Kier molecular flexibility index (Phi) is 5.25. The molecule has 0 amide bonds. The van der Waals surface area contributed by atoms with Crippen LogP contribution < -0.4 is 10.2 Å². The number of piperidine rings is 1. The number of benzene rings is 1. The van der Waals surface area contributed by atoms with Gasteiger partial charge in [-0.25, -0.2) is 9.97 Å². The van der Waals surface area contributed by atoms with Crippen LogP contribution in [0, 0.1) is 6.92 Å². The first kappa shape index (κ1) is 17.8. The van der Waals surface area contributed by atoms with Gasteiger partial charge in [-0.05, 0) is 49.8 Å². The normalized spacial score (nSPS) is 17.4. The highest BCUT2D eigenvalue weighted by Gasteiger charge is 2.23. The van der Waals surface area contributed by atoms with Crippen LogP contribution >= 0.6 is 0 Å². The van der Waals surface area contributed by atoms with Crippen LogP contribution in [-0.2, 0) is 6.42 Å². The largest absolute Gasteiger partial charge is 0.394 e. The maximum atomic E-state index is 9.64. The molecular formula is C21H27N5O. The Morgan fingerprint density at radius 1 is 1.26 bits per heavy atom. The molecule has 1 unspecified atom stereocenters. The summed E-state index contributed by atoms with van der Waals surface area (Å²) in [6.07, 6.45) is 7.95. The maximum absolute atomic E-state index is 9.64. The zero-order valence-electron chi connectivity index (χ0n) is 15.8. The van der Waals surface area contributed by atoms with Crippen LogP contribution in [0.3, 0.4) is 0 Å². The third-order valence-corrected chi connectivity index (χ3v) is 5.41. The number of nitrogens with one attached hydrogen (secondary N) is 2. The van der Waals surface area contributed by atoms with Gasteiger partial charge in [0.15, 0.2) is 0 Å². The van der Waals surface area contributed by atoms with Crippen molar-refractivity contribution in [3.63, 3.8) is 0 Å². The van der Waals surface area contributed by atoms with E-state index in [4.69, 9.17) is 0 Å². The summed E-state index contributed by atoms with van der Waals surface area (Å²) in [6.45, 7) is 4.03. The topological polar surface area (TPSA) is 77.1 Å². The fraction of sp³-hybridized carbons (Fsp3) is 0.429. The molecule has 1 aliphatic rings. The van der Waals surface area contributed by atoms with Crippen molar-refractivity contribution in [1.82, 2.24) is 15.0 Å². The van der Waals surface area contributed by atoms with Crippen LogP contribution in [0.4, 0.5) is 11.6 Å². The first-order chi connectivity index (χ1) is 13.2. The van der Waals surface area contributed by atoms with Crippen LogP contribution in [0.2, 0.25) is 0 Å². The molecule has 3 heterocycles. The van der Waals surface area contributed by atoms with Gasteiger partial charge in [0, 0.05) is 36.3 Å². The minimum Gasteiger partial charge on any atom is -0.394 e.